The van der Waals surface area contributed by atoms with Gasteiger partial charge < -0.3 is 14.7 Å². The van der Waals surface area contributed by atoms with Crippen molar-refractivity contribution in [3.63, 3.8) is 0 Å². The summed E-state index contributed by atoms with van der Waals surface area (Å²) in [5.41, 5.74) is 6.13. The van der Waals surface area contributed by atoms with E-state index < -0.39 is 12.1 Å². The summed E-state index contributed by atoms with van der Waals surface area (Å²) in [6, 6.07) is 16.4. The first kappa shape index (κ1) is 18.4. The fourth-order valence-corrected chi connectivity index (χ4v) is 4.61. The number of ether oxygens (including phenoxy) is 1. The van der Waals surface area contributed by atoms with E-state index in [0.29, 0.717) is 18.5 Å². The topological polar surface area (TPSA) is 84.7 Å². The Morgan fingerprint density at radius 2 is 1.73 bits per heavy atom. The van der Waals surface area contributed by atoms with Gasteiger partial charge in [0.1, 0.15) is 6.61 Å². The van der Waals surface area contributed by atoms with Crippen molar-refractivity contribution >= 4 is 12.1 Å². The Kier molecular flexibility index (Phi) is 4.31. The first-order valence-corrected chi connectivity index (χ1v) is 9.92. The number of aromatic carboxylic acids is 1. The number of hydrogen-bond donors (Lipinski definition) is 1. The third-order valence-electron chi connectivity index (χ3n) is 6.04. The summed E-state index contributed by atoms with van der Waals surface area (Å²) in [7, 11) is 1.73. The molecule has 0 atom stereocenters. The average Bonchev–Trinajstić information content (AvgIpc) is 3.27. The molecule has 5 rings (SSSR count). The van der Waals surface area contributed by atoms with Gasteiger partial charge in [0.25, 0.3) is 0 Å². The highest BCUT2D eigenvalue weighted by molar-refractivity contribution is 5.87. The van der Waals surface area contributed by atoms with Crippen LogP contribution in [0.3, 0.4) is 0 Å². The summed E-state index contributed by atoms with van der Waals surface area (Å²) in [4.78, 5) is 25.8. The lowest BCUT2D eigenvalue weighted by Crippen LogP contribution is -2.37. The monoisotopic (exact) mass is 403 g/mol. The molecule has 0 bridgehead atoms. The van der Waals surface area contributed by atoms with Crippen molar-refractivity contribution in [2.45, 2.75) is 18.9 Å². The highest BCUT2D eigenvalue weighted by Gasteiger charge is 2.32. The molecule has 30 heavy (non-hydrogen) atoms. The fourth-order valence-electron chi connectivity index (χ4n) is 4.61. The van der Waals surface area contributed by atoms with E-state index in [2.05, 4.69) is 29.4 Å². The Morgan fingerprint density at radius 3 is 2.37 bits per heavy atom. The summed E-state index contributed by atoms with van der Waals surface area (Å²) in [5.74, 6) is -1.09. The molecule has 2 heterocycles. The van der Waals surface area contributed by atoms with Gasteiger partial charge in [0.15, 0.2) is 5.69 Å². The molecule has 0 spiro atoms. The number of carboxylic acids is 1. The lowest BCUT2D eigenvalue weighted by molar-refractivity contribution is 0.0683. The van der Waals surface area contributed by atoms with Crippen molar-refractivity contribution in [1.29, 1.82) is 0 Å². The van der Waals surface area contributed by atoms with Crippen LogP contribution in [0, 0.1) is 0 Å². The molecule has 7 heteroatoms. The number of hydrogen-bond acceptors (Lipinski definition) is 4. The van der Waals surface area contributed by atoms with Gasteiger partial charge in [-0.25, -0.2) is 9.59 Å². The number of carbonyl (C=O) groups excluding carboxylic acids is 1. The lowest BCUT2D eigenvalue weighted by Gasteiger charge is -2.27. The van der Waals surface area contributed by atoms with Crippen molar-refractivity contribution in [3.05, 3.63) is 76.6 Å². The van der Waals surface area contributed by atoms with E-state index in [0.717, 1.165) is 16.8 Å². The van der Waals surface area contributed by atoms with Crippen LogP contribution < -0.4 is 0 Å². The number of nitrogens with zero attached hydrogens (tertiary/aromatic N) is 3. The SMILES string of the molecule is Cn1nc(C(=O)O)c2c1CCN(C(=O)OCC1c3ccccc3-c3ccccc31)C2. The fraction of sp³-hybridized carbons (Fsp3) is 0.261. The zero-order valence-electron chi connectivity index (χ0n) is 16.5. The summed E-state index contributed by atoms with van der Waals surface area (Å²) >= 11 is 0. The van der Waals surface area contributed by atoms with E-state index >= 15 is 0 Å². The molecule has 2 aromatic carbocycles. The van der Waals surface area contributed by atoms with Crippen LogP contribution in [0.4, 0.5) is 4.79 Å². The average molecular weight is 403 g/mol. The van der Waals surface area contributed by atoms with Gasteiger partial charge in [0.2, 0.25) is 0 Å². The predicted octanol–water partition coefficient (Wildman–Crippen LogP) is 3.43. The number of carbonyl (C=O) groups is 2. The maximum absolute atomic E-state index is 12.8. The maximum atomic E-state index is 12.8. The van der Waals surface area contributed by atoms with Crippen molar-refractivity contribution in [1.82, 2.24) is 14.7 Å². The second-order valence-electron chi connectivity index (χ2n) is 7.68. The number of rotatable bonds is 3. The quantitative estimate of drug-likeness (QED) is 0.724. The zero-order chi connectivity index (χ0) is 20.8. The molecule has 1 aromatic heterocycles. The van der Waals surface area contributed by atoms with E-state index in [1.807, 2.05) is 24.3 Å². The largest absolute Gasteiger partial charge is 0.476 e. The van der Waals surface area contributed by atoms with Gasteiger partial charge >= 0.3 is 12.1 Å². The molecule has 0 radical (unpaired) electrons. The molecule has 7 nitrogen and oxygen atoms in total. The molecule has 2 aliphatic rings. The number of aryl methyl sites for hydroxylation is 1. The van der Waals surface area contributed by atoms with Crippen LogP contribution in [0.15, 0.2) is 48.5 Å². The minimum atomic E-state index is -1.08. The van der Waals surface area contributed by atoms with Crippen LogP contribution in [0.2, 0.25) is 0 Å². The second kappa shape index (κ2) is 7.02. The summed E-state index contributed by atoms with van der Waals surface area (Å²) in [5, 5.41) is 13.5. The smallest absolute Gasteiger partial charge is 0.410 e. The Balaban J connectivity index is 1.34. The van der Waals surface area contributed by atoms with E-state index in [-0.39, 0.29) is 24.8 Å². The Labute approximate surface area is 173 Å². The van der Waals surface area contributed by atoms with Gasteiger partial charge in [0.05, 0.1) is 6.54 Å². The van der Waals surface area contributed by atoms with Crippen LogP contribution in [0.1, 0.15) is 38.8 Å². The molecular formula is C23H21N3O4. The Bertz CT molecular complexity index is 1120. The van der Waals surface area contributed by atoms with Gasteiger partial charge in [-0.15, -0.1) is 0 Å². The summed E-state index contributed by atoms with van der Waals surface area (Å²) in [6.45, 7) is 0.915. The van der Waals surface area contributed by atoms with E-state index in [1.165, 1.54) is 11.1 Å². The summed E-state index contributed by atoms with van der Waals surface area (Å²) < 4.78 is 7.30. The maximum Gasteiger partial charge on any atom is 0.410 e. The van der Waals surface area contributed by atoms with Gasteiger partial charge in [-0.1, -0.05) is 48.5 Å². The molecule has 0 unspecified atom stereocenters. The molecule has 1 aliphatic carbocycles. The van der Waals surface area contributed by atoms with Crippen molar-refractivity contribution in [2.24, 2.45) is 7.05 Å². The van der Waals surface area contributed by atoms with Gasteiger partial charge in [0, 0.05) is 37.2 Å². The third kappa shape index (κ3) is 2.85. The Hall–Kier alpha value is -3.61. The molecule has 152 valence electrons. The number of benzene rings is 2. The zero-order valence-corrected chi connectivity index (χ0v) is 16.5. The molecule has 0 fully saturated rings. The molecule has 0 saturated heterocycles. The molecule has 1 N–H and O–H groups in total. The van der Waals surface area contributed by atoms with Crippen LogP contribution in [-0.2, 0) is 24.8 Å². The van der Waals surface area contributed by atoms with Crippen molar-refractivity contribution < 1.29 is 19.4 Å². The first-order chi connectivity index (χ1) is 14.5. The van der Waals surface area contributed by atoms with Crippen molar-refractivity contribution in [2.75, 3.05) is 13.2 Å². The highest BCUT2D eigenvalue weighted by atomic mass is 16.6. The van der Waals surface area contributed by atoms with E-state index in [4.69, 9.17) is 4.74 Å². The highest BCUT2D eigenvalue weighted by Crippen LogP contribution is 2.44. The molecule has 1 aliphatic heterocycles. The normalized spacial score (nSPS) is 14.8. The second-order valence-corrected chi connectivity index (χ2v) is 7.68. The van der Waals surface area contributed by atoms with Crippen LogP contribution in [0.25, 0.3) is 11.1 Å². The predicted molar refractivity (Wildman–Crippen MR) is 109 cm³/mol. The molecule has 3 aromatic rings. The third-order valence-corrected chi connectivity index (χ3v) is 6.04. The number of carboxylic acid groups (broad SMARTS) is 1. The van der Waals surface area contributed by atoms with Crippen LogP contribution in [-0.4, -0.2) is 45.0 Å². The van der Waals surface area contributed by atoms with Crippen LogP contribution >= 0.6 is 0 Å². The lowest BCUT2D eigenvalue weighted by atomic mass is 9.98. The minimum absolute atomic E-state index is 0.00338. The van der Waals surface area contributed by atoms with E-state index in [1.54, 1.807) is 16.6 Å². The number of fused-ring (bicyclic) bond motifs is 4. The van der Waals surface area contributed by atoms with Gasteiger partial charge in [-0.3, -0.25) is 4.68 Å². The number of amides is 1. The van der Waals surface area contributed by atoms with Crippen molar-refractivity contribution in [3.8, 4) is 11.1 Å². The Morgan fingerprint density at radius 1 is 1.10 bits per heavy atom. The minimum Gasteiger partial charge on any atom is -0.476 e. The standard InChI is InChI=1S/C23H21N3O4/c1-25-20-10-11-26(12-18(20)21(24-25)22(27)28)23(29)30-13-19-16-8-4-2-6-14(16)15-7-3-5-9-17(15)19/h2-9,19H,10-13H2,1H3,(H,27,28). The molecule has 1 amide bonds. The van der Waals surface area contributed by atoms with Gasteiger partial charge in [-0.2, -0.15) is 5.10 Å². The van der Waals surface area contributed by atoms with E-state index in [9.17, 15) is 14.7 Å². The van der Waals surface area contributed by atoms with Gasteiger partial charge in [-0.05, 0) is 22.3 Å². The molecular weight excluding hydrogens is 382 g/mol. The molecule has 0 saturated carbocycles. The summed E-state index contributed by atoms with van der Waals surface area (Å²) in [6.07, 6.45) is 0.124. The first-order valence-electron chi connectivity index (χ1n) is 9.92. The number of aromatic nitrogens is 2. The van der Waals surface area contributed by atoms with Crippen LogP contribution in [0.5, 0.6) is 0 Å².